The van der Waals surface area contributed by atoms with Crippen molar-refractivity contribution in [3.8, 4) is 5.75 Å². The van der Waals surface area contributed by atoms with Crippen LogP contribution in [0, 0.1) is 12.8 Å². The largest absolute Gasteiger partial charge is 0.493 e. The van der Waals surface area contributed by atoms with Crippen molar-refractivity contribution in [2.75, 3.05) is 25.1 Å². The fraction of sp³-hybridized carbons (Fsp3) is 0.381. The van der Waals surface area contributed by atoms with Crippen LogP contribution in [0.15, 0.2) is 42.5 Å². The van der Waals surface area contributed by atoms with E-state index in [0.29, 0.717) is 18.0 Å². The first-order valence-electron chi connectivity index (χ1n) is 8.99. The average Bonchev–Trinajstić information content (AvgIpc) is 2.67. The molecule has 0 radical (unpaired) electrons. The van der Waals surface area contributed by atoms with Crippen LogP contribution in [0.3, 0.4) is 0 Å². The summed E-state index contributed by atoms with van der Waals surface area (Å²) >= 11 is 0. The Morgan fingerprint density at radius 3 is 2.62 bits per heavy atom. The zero-order chi connectivity index (χ0) is 18.4. The SMILES string of the molecule is Cc1ccc(NCc2ccc(C(=O)O)cc2)cc1OCC1CCOCC1. The molecule has 1 saturated heterocycles. The Morgan fingerprint density at radius 1 is 1.19 bits per heavy atom. The summed E-state index contributed by atoms with van der Waals surface area (Å²) in [5.41, 5.74) is 3.43. The Labute approximate surface area is 153 Å². The zero-order valence-corrected chi connectivity index (χ0v) is 15.0. The lowest BCUT2D eigenvalue weighted by molar-refractivity contribution is 0.0496. The van der Waals surface area contributed by atoms with Crippen LogP contribution in [0.2, 0.25) is 0 Å². The summed E-state index contributed by atoms with van der Waals surface area (Å²) < 4.78 is 11.4. The van der Waals surface area contributed by atoms with Gasteiger partial charge in [-0.05, 0) is 55.0 Å². The fourth-order valence-corrected chi connectivity index (χ4v) is 2.96. The highest BCUT2D eigenvalue weighted by Crippen LogP contribution is 2.25. The summed E-state index contributed by atoms with van der Waals surface area (Å²) in [4.78, 5) is 10.9. The van der Waals surface area contributed by atoms with Crippen molar-refractivity contribution >= 4 is 11.7 Å². The van der Waals surface area contributed by atoms with Crippen LogP contribution >= 0.6 is 0 Å². The quantitative estimate of drug-likeness (QED) is 0.782. The van der Waals surface area contributed by atoms with Crippen molar-refractivity contribution in [3.63, 3.8) is 0 Å². The summed E-state index contributed by atoms with van der Waals surface area (Å²) in [5, 5.41) is 12.3. The Morgan fingerprint density at radius 2 is 1.92 bits per heavy atom. The van der Waals surface area contributed by atoms with Gasteiger partial charge >= 0.3 is 5.97 Å². The van der Waals surface area contributed by atoms with Crippen molar-refractivity contribution < 1.29 is 19.4 Å². The summed E-state index contributed by atoms with van der Waals surface area (Å²) in [6.45, 7) is 5.06. The number of anilines is 1. The molecule has 5 nitrogen and oxygen atoms in total. The van der Waals surface area contributed by atoms with Gasteiger partial charge in [0.2, 0.25) is 0 Å². The zero-order valence-electron chi connectivity index (χ0n) is 15.0. The van der Waals surface area contributed by atoms with E-state index in [9.17, 15) is 4.79 Å². The lowest BCUT2D eigenvalue weighted by Crippen LogP contribution is -2.21. The molecule has 0 bridgehead atoms. The lowest BCUT2D eigenvalue weighted by atomic mass is 10.0. The van der Waals surface area contributed by atoms with Gasteiger partial charge in [0.05, 0.1) is 12.2 Å². The van der Waals surface area contributed by atoms with Crippen LogP contribution in [-0.2, 0) is 11.3 Å². The molecule has 0 amide bonds. The van der Waals surface area contributed by atoms with E-state index in [1.807, 2.05) is 31.2 Å². The van der Waals surface area contributed by atoms with Crippen LogP contribution < -0.4 is 10.1 Å². The summed E-state index contributed by atoms with van der Waals surface area (Å²) in [5.74, 6) is 0.560. The predicted octanol–water partition coefficient (Wildman–Crippen LogP) is 4.11. The highest BCUT2D eigenvalue weighted by atomic mass is 16.5. The normalized spacial score (nSPS) is 14.8. The molecule has 0 aliphatic carbocycles. The first-order valence-corrected chi connectivity index (χ1v) is 8.99. The van der Waals surface area contributed by atoms with Gasteiger partial charge in [0.1, 0.15) is 5.75 Å². The fourth-order valence-electron chi connectivity index (χ4n) is 2.96. The number of benzene rings is 2. The monoisotopic (exact) mass is 355 g/mol. The smallest absolute Gasteiger partial charge is 0.335 e. The third kappa shape index (κ3) is 4.99. The van der Waals surface area contributed by atoms with Crippen molar-refractivity contribution in [3.05, 3.63) is 59.2 Å². The Balaban J connectivity index is 1.57. The molecule has 26 heavy (non-hydrogen) atoms. The number of nitrogens with one attached hydrogen (secondary N) is 1. The minimum Gasteiger partial charge on any atom is -0.493 e. The van der Waals surface area contributed by atoms with Gasteiger partial charge in [0, 0.05) is 31.5 Å². The second-order valence-corrected chi connectivity index (χ2v) is 6.70. The van der Waals surface area contributed by atoms with E-state index < -0.39 is 5.97 Å². The first-order chi connectivity index (χ1) is 12.6. The number of carboxylic acid groups (broad SMARTS) is 1. The molecule has 1 heterocycles. The van der Waals surface area contributed by atoms with Crippen LogP contribution in [0.4, 0.5) is 5.69 Å². The minimum absolute atomic E-state index is 0.299. The van der Waals surface area contributed by atoms with Crippen LogP contribution in [0.25, 0.3) is 0 Å². The second kappa shape index (κ2) is 8.72. The van der Waals surface area contributed by atoms with E-state index in [4.69, 9.17) is 14.6 Å². The van der Waals surface area contributed by atoms with Crippen molar-refractivity contribution in [1.29, 1.82) is 0 Å². The van der Waals surface area contributed by atoms with E-state index in [2.05, 4.69) is 11.4 Å². The predicted molar refractivity (Wildman–Crippen MR) is 101 cm³/mol. The molecule has 2 aromatic carbocycles. The molecule has 138 valence electrons. The van der Waals surface area contributed by atoms with E-state index in [1.54, 1.807) is 12.1 Å². The number of ether oxygens (including phenoxy) is 2. The number of carboxylic acids is 1. The molecule has 0 saturated carbocycles. The first kappa shape index (κ1) is 18.3. The van der Waals surface area contributed by atoms with Gasteiger partial charge in [-0.15, -0.1) is 0 Å². The summed E-state index contributed by atoms with van der Waals surface area (Å²) in [6, 6.07) is 13.0. The minimum atomic E-state index is -0.908. The summed E-state index contributed by atoms with van der Waals surface area (Å²) in [7, 11) is 0. The highest BCUT2D eigenvalue weighted by Gasteiger charge is 2.15. The van der Waals surface area contributed by atoms with Gasteiger partial charge in [0.15, 0.2) is 0 Å². The highest BCUT2D eigenvalue weighted by molar-refractivity contribution is 5.87. The van der Waals surface area contributed by atoms with Gasteiger partial charge in [-0.2, -0.15) is 0 Å². The molecule has 2 aromatic rings. The van der Waals surface area contributed by atoms with E-state index in [1.165, 1.54) is 0 Å². The third-order valence-corrected chi connectivity index (χ3v) is 4.70. The number of rotatable bonds is 7. The van der Waals surface area contributed by atoms with Gasteiger partial charge in [-0.25, -0.2) is 4.79 Å². The number of aromatic carboxylic acids is 1. The summed E-state index contributed by atoms with van der Waals surface area (Å²) in [6.07, 6.45) is 2.12. The molecule has 3 rings (SSSR count). The molecule has 2 N–H and O–H groups in total. The van der Waals surface area contributed by atoms with Crippen molar-refractivity contribution in [1.82, 2.24) is 0 Å². The number of hydrogen-bond acceptors (Lipinski definition) is 4. The van der Waals surface area contributed by atoms with Crippen molar-refractivity contribution in [2.45, 2.75) is 26.3 Å². The molecule has 1 aliphatic heterocycles. The molecule has 0 atom stereocenters. The molecular formula is C21H25NO4. The molecule has 0 aromatic heterocycles. The number of aryl methyl sites for hydroxylation is 1. The topological polar surface area (TPSA) is 67.8 Å². The van der Waals surface area contributed by atoms with Gasteiger partial charge in [0.25, 0.3) is 0 Å². The Kier molecular flexibility index (Phi) is 6.12. The van der Waals surface area contributed by atoms with Crippen LogP contribution in [0.5, 0.6) is 5.75 Å². The van der Waals surface area contributed by atoms with E-state index in [0.717, 1.165) is 55.2 Å². The van der Waals surface area contributed by atoms with E-state index in [-0.39, 0.29) is 0 Å². The van der Waals surface area contributed by atoms with Crippen LogP contribution in [-0.4, -0.2) is 30.9 Å². The standard InChI is InChI=1S/C21H25NO4/c1-15-2-7-19(12-20(15)26-14-17-8-10-25-11-9-17)22-13-16-3-5-18(6-4-16)21(23)24/h2-7,12,17,22H,8-11,13-14H2,1H3,(H,23,24). The Hall–Kier alpha value is -2.53. The number of carbonyl (C=O) groups is 1. The molecule has 5 heteroatoms. The van der Waals surface area contributed by atoms with Gasteiger partial charge in [-0.3, -0.25) is 0 Å². The molecule has 0 spiro atoms. The number of hydrogen-bond donors (Lipinski definition) is 2. The second-order valence-electron chi connectivity index (χ2n) is 6.70. The third-order valence-electron chi connectivity index (χ3n) is 4.70. The Bertz CT molecular complexity index is 736. The van der Waals surface area contributed by atoms with E-state index >= 15 is 0 Å². The molecular weight excluding hydrogens is 330 g/mol. The lowest BCUT2D eigenvalue weighted by Gasteiger charge is -2.22. The van der Waals surface area contributed by atoms with Gasteiger partial charge in [-0.1, -0.05) is 18.2 Å². The maximum Gasteiger partial charge on any atom is 0.335 e. The molecule has 0 unspecified atom stereocenters. The average molecular weight is 355 g/mol. The molecule has 1 fully saturated rings. The van der Waals surface area contributed by atoms with Crippen LogP contribution in [0.1, 0.15) is 34.3 Å². The maximum atomic E-state index is 10.9. The molecule has 1 aliphatic rings. The van der Waals surface area contributed by atoms with Crippen molar-refractivity contribution in [2.24, 2.45) is 5.92 Å². The van der Waals surface area contributed by atoms with Gasteiger partial charge < -0.3 is 19.9 Å². The maximum absolute atomic E-state index is 10.9.